The summed E-state index contributed by atoms with van der Waals surface area (Å²) in [5, 5.41) is 19.1. The lowest BCUT2D eigenvalue weighted by molar-refractivity contribution is -0.126. The molecule has 2 aromatic rings. The third-order valence-electron chi connectivity index (χ3n) is 2.96. The Hall–Kier alpha value is -2.13. The van der Waals surface area contributed by atoms with E-state index in [0.717, 1.165) is 11.1 Å². The molecular weight excluding hydrogens is 240 g/mol. The van der Waals surface area contributed by atoms with Gasteiger partial charge in [0.05, 0.1) is 0 Å². The summed E-state index contributed by atoms with van der Waals surface area (Å²) >= 11 is 0. The molecule has 3 nitrogen and oxygen atoms in total. The summed E-state index contributed by atoms with van der Waals surface area (Å²) in [6, 6.07) is 15.9. The van der Waals surface area contributed by atoms with Crippen LogP contribution in [0.4, 0.5) is 0 Å². The zero-order chi connectivity index (χ0) is 13.7. The first kappa shape index (κ1) is 13.3. The molecule has 0 amide bonds. The largest absolute Gasteiger partial charge is 0.508 e. The first-order valence-electron chi connectivity index (χ1n) is 6.18. The van der Waals surface area contributed by atoms with Crippen LogP contribution in [-0.4, -0.2) is 22.1 Å². The Morgan fingerprint density at radius 2 is 1.58 bits per heavy atom. The summed E-state index contributed by atoms with van der Waals surface area (Å²) in [5.74, 6) is -0.0203. The Morgan fingerprint density at radius 1 is 0.947 bits per heavy atom. The summed E-state index contributed by atoms with van der Waals surface area (Å²) in [6.07, 6.45) is -0.504. The maximum Gasteiger partial charge on any atom is 0.165 e. The average Bonchev–Trinajstić information content (AvgIpc) is 2.42. The Kier molecular flexibility index (Phi) is 4.31. The van der Waals surface area contributed by atoms with E-state index in [2.05, 4.69) is 0 Å². The van der Waals surface area contributed by atoms with Gasteiger partial charge in [-0.05, 0) is 23.3 Å². The Morgan fingerprint density at radius 3 is 2.21 bits per heavy atom. The first-order valence-corrected chi connectivity index (χ1v) is 6.18. The third kappa shape index (κ3) is 3.93. The monoisotopic (exact) mass is 256 g/mol. The van der Waals surface area contributed by atoms with Crippen LogP contribution < -0.4 is 0 Å². The van der Waals surface area contributed by atoms with Crippen LogP contribution >= 0.6 is 0 Å². The average molecular weight is 256 g/mol. The van der Waals surface area contributed by atoms with Gasteiger partial charge in [0.2, 0.25) is 0 Å². The fourth-order valence-corrected chi connectivity index (χ4v) is 1.88. The van der Waals surface area contributed by atoms with Crippen molar-refractivity contribution in [3.8, 4) is 5.75 Å². The van der Waals surface area contributed by atoms with E-state index in [9.17, 15) is 9.90 Å². The van der Waals surface area contributed by atoms with Crippen molar-refractivity contribution in [1.29, 1.82) is 0 Å². The summed E-state index contributed by atoms with van der Waals surface area (Å²) in [7, 11) is 0. The number of ketones is 1. The van der Waals surface area contributed by atoms with Crippen molar-refractivity contribution in [2.75, 3.05) is 0 Å². The van der Waals surface area contributed by atoms with Gasteiger partial charge < -0.3 is 10.2 Å². The van der Waals surface area contributed by atoms with Crippen LogP contribution in [0.5, 0.6) is 5.75 Å². The summed E-state index contributed by atoms with van der Waals surface area (Å²) in [4.78, 5) is 11.9. The van der Waals surface area contributed by atoms with E-state index < -0.39 is 6.10 Å². The predicted octanol–water partition coefficient (Wildman–Crippen LogP) is 2.11. The minimum atomic E-state index is -1.01. The molecule has 2 aromatic carbocycles. The van der Waals surface area contributed by atoms with Gasteiger partial charge in [0, 0.05) is 12.8 Å². The Balaban J connectivity index is 1.94. The molecular formula is C16H16O3. The molecule has 0 radical (unpaired) electrons. The van der Waals surface area contributed by atoms with Crippen LogP contribution in [0.15, 0.2) is 54.6 Å². The zero-order valence-electron chi connectivity index (χ0n) is 10.5. The number of carbonyl (C=O) groups is 1. The number of benzene rings is 2. The van der Waals surface area contributed by atoms with E-state index in [0.29, 0.717) is 0 Å². The SMILES string of the molecule is O=C(Cc1ccccc1)[C@@H](O)Cc1ccc(O)cc1. The molecule has 0 saturated carbocycles. The lowest BCUT2D eigenvalue weighted by atomic mass is 10.00. The van der Waals surface area contributed by atoms with Gasteiger partial charge in [-0.2, -0.15) is 0 Å². The standard InChI is InChI=1S/C16H16O3/c17-14-8-6-13(7-9-14)11-16(19)15(18)10-12-4-2-1-3-5-12/h1-9,16-17,19H,10-11H2/t16-/m0/s1. The van der Waals surface area contributed by atoms with Crippen molar-refractivity contribution in [3.05, 3.63) is 65.7 Å². The van der Waals surface area contributed by atoms with Gasteiger partial charge in [-0.15, -0.1) is 0 Å². The number of carbonyl (C=O) groups excluding carboxylic acids is 1. The molecule has 0 spiro atoms. The minimum absolute atomic E-state index is 0.175. The van der Waals surface area contributed by atoms with Crippen LogP contribution in [0, 0.1) is 0 Å². The molecule has 0 aromatic heterocycles. The number of phenols is 1. The lowest BCUT2D eigenvalue weighted by Gasteiger charge is -2.10. The third-order valence-corrected chi connectivity index (χ3v) is 2.96. The van der Waals surface area contributed by atoms with Gasteiger partial charge in [-0.3, -0.25) is 4.79 Å². The van der Waals surface area contributed by atoms with Crippen molar-refractivity contribution in [3.63, 3.8) is 0 Å². The summed E-state index contributed by atoms with van der Waals surface area (Å²) in [5.41, 5.74) is 1.73. The number of hydrogen-bond acceptors (Lipinski definition) is 3. The second-order valence-corrected chi connectivity index (χ2v) is 4.52. The fourth-order valence-electron chi connectivity index (χ4n) is 1.88. The molecule has 0 aliphatic rings. The summed E-state index contributed by atoms with van der Waals surface area (Å²) in [6.45, 7) is 0. The topological polar surface area (TPSA) is 57.5 Å². The van der Waals surface area contributed by atoms with Crippen molar-refractivity contribution in [2.45, 2.75) is 18.9 Å². The highest BCUT2D eigenvalue weighted by atomic mass is 16.3. The van der Waals surface area contributed by atoms with Crippen LogP contribution in [0.25, 0.3) is 0 Å². The molecule has 0 unspecified atom stereocenters. The number of Topliss-reactive ketones (excluding diaryl/α,β-unsaturated/α-hetero) is 1. The number of aliphatic hydroxyl groups is 1. The van der Waals surface area contributed by atoms with Gasteiger partial charge in [0.25, 0.3) is 0 Å². The summed E-state index contributed by atoms with van der Waals surface area (Å²) < 4.78 is 0. The normalized spacial score (nSPS) is 12.1. The molecule has 0 aliphatic carbocycles. The number of aliphatic hydroxyl groups excluding tert-OH is 1. The van der Waals surface area contributed by atoms with E-state index in [1.807, 2.05) is 30.3 Å². The van der Waals surface area contributed by atoms with Crippen LogP contribution in [0.1, 0.15) is 11.1 Å². The minimum Gasteiger partial charge on any atom is -0.508 e. The quantitative estimate of drug-likeness (QED) is 0.861. The van der Waals surface area contributed by atoms with Gasteiger partial charge >= 0.3 is 0 Å². The number of aromatic hydroxyl groups is 1. The second kappa shape index (κ2) is 6.16. The molecule has 19 heavy (non-hydrogen) atoms. The first-order chi connectivity index (χ1) is 9.15. The van der Waals surface area contributed by atoms with E-state index in [1.54, 1.807) is 24.3 Å². The van der Waals surface area contributed by atoms with Crippen molar-refractivity contribution < 1.29 is 15.0 Å². The van der Waals surface area contributed by atoms with Crippen molar-refractivity contribution >= 4 is 5.78 Å². The molecule has 0 saturated heterocycles. The fraction of sp³-hybridized carbons (Fsp3) is 0.188. The molecule has 0 aliphatic heterocycles. The van der Waals surface area contributed by atoms with Crippen LogP contribution in [0.2, 0.25) is 0 Å². The Labute approximate surface area is 112 Å². The highest BCUT2D eigenvalue weighted by Gasteiger charge is 2.15. The second-order valence-electron chi connectivity index (χ2n) is 4.52. The zero-order valence-corrected chi connectivity index (χ0v) is 10.5. The molecule has 3 heteroatoms. The molecule has 2 N–H and O–H groups in total. The maximum atomic E-state index is 11.9. The number of phenolic OH excluding ortho intramolecular Hbond substituents is 1. The van der Waals surface area contributed by atoms with Gasteiger partial charge in [-0.1, -0.05) is 42.5 Å². The highest BCUT2D eigenvalue weighted by molar-refractivity contribution is 5.85. The number of rotatable bonds is 5. The van der Waals surface area contributed by atoms with E-state index in [-0.39, 0.29) is 24.4 Å². The molecule has 0 fully saturated rings. The molecule has 0 heterocycles. The van der Waals surface area contributed by atoms with Gasteiger partial charge in [0.15, 0.2) is 5.78 Å². The number of hydrogen-bond donors (Lipinski definition) is 2. The van der Waals surface area contributed by atoms with Crippen LogP contribution in [0.3, 0.4) is 0 Å². The molecule has 98 valence electrons. The molecule has 1 atom stereocenters. The molecule has 2 rings (SSSR count). The smallest absolute Gasteiger partial charge is 0.165 e. The van der Waals surface area contributed by atoms with E-state index >= 15 is 0 Å². The molecule has 0 bridgehead atoms. The Bertz CT molecular complexity index is 532. The van der Waals surface area contributed by atoms with Gasteiger partial charge in [0.1, 0.15) is 11.9 Å². The predicted molar refractivity (Wildman–Crippen MR) is 73.0 cm³/mol. The van der Waals surface area contributed by atoms with Crippen molar-refractivity contribution in [1.82, 2.24) is 0 Å². The van der Waals surface area contributed by atoms with E-state index in [4.69, 9.17) is 5.11 Å². The maximum absolute atomic E-state index is 11.9. The van der Waals surface area contributed by atoms with Crippen molar-refractivity contribution in [2.24, 2.45) is 0 Å². The van der Waals surface area contributed by atoms with Crippen LogP contribution in [-0.2, 0) is 17.6 Å². The lowest BCUT2D eigenvalue weighted by Crippen LogP contribution is -2.24. The van der Waals surface area contributed by atoms with E-state index in [1.165, 1.54) is 0 Å². The highest BCUT2D eigenvalue weighted by Crippen LogP contribution is 2.12. The van der Waals surface area contributed by atoms with Gasteiger partial charge in [-0.25, -0.2) is 0 Å².